The van der Waals surface area contributed by atoms with Crippen LogP contribution in [0.1, 0.15) is 106 Å². The van der Waals surface area contributed by atoms with Crippen molar-refractivity contribution in [3.8, 4) is 11.8 Å². The van der Waals surface area contributed by atoms with Crippen molar-refractivity contribution in [1.82, 2.24) is 0 Å². The summed E-state index contributed by atoms with van der Waals surface area (Å²) in [4.78, 5) is 0. The molecule has 0 aromatic carbocycles. The molecule has 0 saturated heterocycles. The predicted molar refractivity (Wildman–Crippen MR) is 101 cm³/mol. The van der Waals surface area contributed by atoms with Crippen LogP contribution < -0.4 is 0 Å². The van der Waals surface area contributed by atoms with Gasteiger partial charge >= 0.3 is 0 Å². The van der Waals surface area contributed by atoms with E-state index in [1.165, 1.54) is 38.5 Å². The molecule has 1 rings (SSSR count). The highest BCUT2D eigenvalue weighted by atomic mass is 16.3. The molecule has 2 atom stereocenters. The van der Waals surface area contributed by atoms with Gasteiger partial charge in [-0.05, 0) is 62.7 Å². The third-order valence-electron chi connectivity index (χ3n) is 6.18. The van der Waals surface area contributed by atoms with E-state index in [0.29, 0.717) is 16.7 Å². The highest BCUT2D eigenvalue weighted by Gasteiger charge is 2.41. The van der Waals surface area contributed by atoms with Crippen LogP contribution in [-0.4, -0.2) is 10.7 Å². The van der Waals surface area contributed by atoms with Gasteiger partial charge in [-0.1, -0.05) is 47.0 Å². The van der Waals surface area contributed by atoms with Crippen LogP contribution in [0, 0.1) is 28.6 Å². The summed E-state index contributed by atoms with van der Waals surface area (Å²) in [7, 11) is 0. The summed E-state index contributed by atoms with van der Waals surface area (Å²) in [5.41, 5.74) is 0.208. The van der Waals surface area contributed by atoms with E-state index in [-0.39, 0.29) is 0 Å². The minimum Gasteiger partial charge on any atom is -0.390 e. The van der Waals surface area contributed by atoms with Gasteiger partial charge in [0.2, 0.25) is 0 Å². The molecule has 1 heteroatoms. The van der Waals surface area contributed by atoms with Gasteiger partial charge in [-0.25, -0.2) is 0 Å². The van der Waals surface area contributed by atoms with Crippen molar-refractivity contribution in [2.24, 2.45) is 16.7 Å². The second-order valence-electron chi connectivity index (χ2n) is 9.31. The summed E-state index contributed by atoms with van der Waals surface area (Å²) in [5, 5.41) is 10.0. The Morgan fingerprint density at radius 3 is 2.30 bits per heavy atom. The third kappa shape index (κ3) is 6.88. The van der Waals surface area contributed by atoms with E-state index >= 15 is 0 Å². The first-order valence-corrected chi connectivity index (χ1v) is 9.79. The lowest BCUT2D eigenvalue weighted by Crippen LogP contribution is -2.38. The third-order valence-corrected chi connectivity index (χ3v) is 6.18. The van der Waals surface area contributed by atoms with Gasteiger partial charge in [-0.15, -0.1) is 11.8 Å². The van der Waals surface area contributed by atoms with E-state index in [1.54, 1.807) is 0 Å². The molecule has 1 N–H and O–H groups in total. The normalized spacial score (nSPS) is 25.1. The van der Waals surface area contributed by atoms with Crippen LogP contribution in [0.5, 0.6) is 0 Å². The lowest BCUT2D eigenvalue weighted by atomic mass is 9.58. The molecular weight excluding hydrogens is 280 g/mol. The van der Waals surface area contributed by atoms with Crippen LogP contribution in [0.2, 0.25) is 0 Å². The molecule has 0 amide bonds. The Hall–Kier alpha value is -0.480. The molecule has 0 bridgehead atoms. The lowest BCUT2D eigenvalue weighted by molar-refractivity contribution is 0.0192. The van der Waals surface area contributed by atoms with Gasteiger partial charge in [0, 0.05) is 12.8 Å². The minimum absolute atomic E-state index is 0.357. The molecule has 0 spiro atoms. The van der Waals surface area contributed by atoms with Crippen LogP contribution in [0.3, 0.4) is 0 Å². The van der Waals surface area contributed by atoms with Gasteiger partial charge in [-0.2, -0.15) is 0 Å². The standard InChI is InChI=1S/C22H40O/c1-7-22(6,18-14-17-21(4,5)23)19-15-12-10-8-9-11-13-16-20(19,2)3/h19,23H,7,9,11-18H2,1-6H3. The number of hydrogen-bond acceptors (Lipinski definition) is 1. The van der Waals surface area contributed by atoms with Crippen molar-refractivity contribution in [2.75, 3.05) is 0 Å². The Morgan fingerprint density at radius 2 is 1.70 bits per heavy atom. The van der Waals surface area contributed by atoms with Crippen LogP contribution in [0.25, 0.3) is 0 Å². The second kappa shape index (κ2) is 8.57. The van der Waals surface area contributed by atoms with Gasteiger partial charge in [0.05, 0.1) is 5.60 Å². The summed E-state index contributed by atoms with van der Waals surface area (Å²) < 4.78 is 0. The van der Waals surface area contributed by atoms with Crippen molar-refractivity contribution >= 4 is 0 Å². The van der Waals surface area contributed by atoms with E-state index in [1.807, 2.05) is 13.8 Å². The van der Waals surface area contributed by atoms with E-state index in [9.17, 15) is 5.11 Å². The van der Waals surface area contributed by atoms with Crippen LogP contribution in [0.4, 0.5) is 0 Å². The Balaban J connectivity index is 2.88. The van der Waals surface area contributed by atoms with Gasteiger partial charge in [-0.3, -0.25) is 0 Å². The van der Waals surface area contributed by atoms with Crippen molar-refractivity contribution in [1.29, 1.82) is 0 Å². The van der Waals surface area contributed by atoms with Gasteiger partial charge in [0.1, 0.15) is 0 Å². The molecule has 0 aromatic rings. The fourth-order valence-electron chi connectivity index (χ4n) is 4.57. The van der Waals surface area contributed by atoms with Gasteiger partial charge in [0.15, 0.2) is 0 Å². The number of rotatable bonds is 6. The maximum absolute atomic E-state index is 10.0. The molecule has 1 aliphatic carbocycles. The molecule has 0 radical (unpaired) electrons. The van der Waals surface area contributed by atoms with Gasteiger partial charge in [0.25, 0.3) is 0 Å². The molecule has 0 aliphatic heterocycles. The minimum atomic E-state index is -0.536. The Morgan fingerprint density at radius 1 is 1.04 bits per heavy atom. The van der Waals surface area contributed by atoms with Crippen LogP contribution >= 0.6 is 0 Å². The molecule has 0 saturated carbocycles. The molecule has 0 heterocycles. The van der Waals surface area contributed by atoms with Crippen LogP contribution in [-0.2, 0) is 0 Å². The Labute approximate surface area is 145 Å². The monoisotopic (exact) mass is 320 g/mol. The maximum Gasteiger partial charge on any atom is 0.0591 e. The predicted octanol–water partition coefficient (Wildman–Crippen LogP) is 6.34. The molecule has 1 nitrogen and oxygen atoms in total. The van der Waals surface area contributed by atoms with E-state index in [4.69, 9.17) is 0 Å². The number of hydrogen-bond donors (Lipinski definition) is 1. The summed E-state index contributed by atoms with van der Waals surface area (Å²) in [6.45, 7) is 13.7. The largest absolute Gasteiger partial charge is 0.390 e. The highest BCUT2D eigenvalue weighted by Crippen LogP contribution is 2.50. The Bertz CT molecular complexity index is 404. The zero-order chi connectivity index (χ0) is 17.6. The highest BCUT2D eigenvalue weighted by molar-refractivity contribution is 5.02. The molecule has 1 aliphatic rings. The molecule has 2 unspecified atom stereocenters. The first-order valence-electron chi connectivity index (χ1n) is 9.79. The fraction of sp³-hybridized carbons (Fsp3) is 0.909. The van der Waals surface area contributed by atoms with E-state index in [2.05, 4.69) is 39.5 Å². The zero-order valence-corrected chi connectivity index (χ0v) is 16.6. The summed E-state index contributed by atoms with van der Waals surface area (Å²) in [6.07, 6.45) is 11.7. The molecule has 0 aromatic heterocycles. The molecule has 0 fully saturated rings. The topological polar surface area (TPSA) is 20.2 Å². The van der Waals surface area contributed by atoms with Crippen molar-refractivity contribution < 1.29 is 5.11 Å². The number of aliphatic hydroxyl groups is 1. The average Bonchev–Trinajstić information content (AvgIpc) is 2.43. The first kappa shape index (κ1) is 20.6. The Kier molecular flexibility index (Phi) is 7.66. The zero-order valence-electron chi connectivity index (χ0n) is 16.6. The SMILES string of the molecule is CCC(C)(CCCC(C)(C)O)C1CCC#CCCCCC1(C)C. The summed E-state index contributed by atoms with van der Waals surface area (Å²) in [5.74, 6) is 7.48. The molecular formula is C22H40O. The fourth-order valence-corrected chi connectivity index (χ4v) is 4.57. The summed E-state index contributed by atoms with van der Waals surface area (Å²) >= 11 is 0. The van der Waals surface area contributed by atoms with Crippen molar-refractivity contribution in [2.45, 2.75) is 111 Å². The second-order valence-corrected chi connectivity index (χ2v) is 9.31. The maximum atomic E-state index is 10.0. The van der Waals surface area contributed by atoms with E-state index < -0.39 is 5.60 Å². The summed E-state index contributed by atoms with van der Waals surface area (Å²) in [6, 6.07) is 0. The smallest absolute Gasteiger partial charge is 0.0591 e. The quantitative estimate of drug-likeness (QED) is 0.566. The van der Waals surface area contributed by atoms with Crippen molar-refractivity contribution in [3.63, 3.8) is 0 Å². The van der Waals surface area contributed by atoms with Gasteiger partial charge < -0.3 is 5.11 Å². The lowest BCUT2D eigenvalue weighted by Gasteiger charge is -2.47. The molecule has 134 valence electrons. The molecule has 23 heavy (non-hydrogen) atoms. The average molecular weight is 321 g/mol. The van der Waals surface area contributed by atoms with Crippen LogP contribution in [0.15, 0.2) is 0 Å². The van der Waals surface area contributed by atoms with E-state index in [0.717, 1.165) is 25.7 Å². The van der Waals surface area contributed by atoms with Crippen molar-refractivity contribution in [3.05, 3.63) is 0 Å². The first-order chi connectivity index (χ1) is 10.6.